The van der Waals surface area contributed by atoms with Crippen LogP contribution in [0.3, 0.4) is 0 Å². The van der Waals surface area contributed by atoms with E-state index in [1.807, 2.05) is 0 Å². The first kappa shape index (κ1) is 20.0. The molecular formula is C23H32N4O3. The summed E-state index contributed by atoms with van der Waals surface area (Å²) in [6, 6.07) is 6.36. The molecule has 7 nitrogen and oxygen atoms in total. The van der Waals surface area contributed by atoms with Gasteiger partial charge in [-0.05, 0) is 31.0 Å². The highest BCUT2D eigenvalue weighted by Crippen LogP contribution is 2.31. The zero-order chi connectivity index (χ0) is 20.4. The SMILES string of the molecule is OC1(CN2CCN(c3ccc4ncnc(OC5CCOC5)c4c3)CC2)CCCCC1. The van der Waals surface area contributed by atoms with Crippen LogP contribution in [0.15, 0.2) is 24.5 Å². The van der Waals surface area contributed by atoms with E-state index in [4.69, 9.17) is 9.47 Å². The summed E-state index contributed by atoms with van der Waals surface area (Å²) in [4.78, 5) is 13.7. The number of benzene rings is 1. The van der Waals surface area contributed by atoms with Crippen LogP contribution < -0.4 is 9.64 Å². The van der Waals surface area contributed by atoms with Gasteiger partial charge < -0.3 is 19.5 Å². The average Bonchev–Trinajstić information content (AvgIpc) is 3.28. The van der Waals surface area contributed by atoms with Gasteiger partial charge in [0, 0.05) is 44.8 Å². The third kappa shape index (κ3) is 4.38. The topological polar surface area (TPSA) is 71.0 Å². The molecule has 0 spiro atoms. The molecule has 30 heavy (non-hydrogen) atoms. The number of fused-ring (bicyclic) bond motifs is 1. The Hall–Kier alpha value is -1.96. The van der Waals surface area contributed by atoms with E-state index in [0.717, 1.165) is 82.3 Å². The largest absolute Gasteiger partial charge is 0.471 e. The van der Waals surface area contributed by atoms with Crippen molar-refractivity contribution in [2.24, 2.45) is 0 Å². The van der Waals surface area contributed by atoms with Crippen LogP contribution in [0.4, 0.5) is 5.69 Å². The van der Waals surface area contributed by atoms with Gasteiger partial charge >= 0.3 is 0 Å². The van der Waals surface area contributed by atoms with Crippen molar-refractivity contribution in [2.75, 3.05) is 50.8 Å². The Balaban J connectivity index is 1.26. The van der Waals surface area contributed by atoms with Gasteiger partial charge in [-0.1, -0.05) is 19.3 Å². The van der Waals surface area contributed by atoms with E-state index >= 15 is 0 Å². The van der Waals surface area contributed by atoms with Crippen LogP contribution in [0.25, 0.3) is 10.9 Å². The summed E-state index contributed by atoms with van der Waals surface area (Å²) in [5, 5.41) is 11.8. The molecule has 1 aromatic carbocycles. The molecule has 1 unspecified atom stereocenters. The Morgan fingerprint density at radius 3 is 2.70 bits per heavy atom. The van der Waals surface area contributed by atoms with Crippen molar-refractivity contribution in [3.05, 3.63) is 24.5 Å². The maximum Gasteiger partial charge on any atom is 0.224 e. The number of aliphatic hydroxyl groups is 1. The van der Waals surface area contributed by atoms with Crippen molar-refractivity contribution >= 4 is 16.6 Å². The minimum atomic E-state index is -0.475. The fourth-order valence-electron chi connectivity index (χ4n) is 5.02. The molecule has 0 amide bonds. The number of rotatable bonds is 5. The fraction of sp³-hybridized carbons (Fsp3) is 0.652. The number of hydrogen-bond acceptors (Lipinski definition) is 7. The third-order valence-corrected chi connectivity index (χ3v) is 6.79. The van der Waals surface area contributed by atoms with Crippen LogP contribution in [-0.2, 0) is 4.74 Å². The van der Waals surface area contributed by atoms with Crippen LogP contribution in [0, 0.1) is 0 Å². The average molecular weight is 413 g/mol. The quantitative estimate of drug-likeness (QED) is 0.809. The monoisotopic (exact) mass is 412 g/mol. The fourth-order valence-corrected chi connectivity index (χ4v) is 5.02. The third-order valence-electron chi connectivity index (χ3n) is 6.79. The summed E-state index contributed by atoms with van der Waals surface area (Å²) in [5.74, 6) is 0.649. The van der Waals surface area contributed by atoms with Gasteiger partial charge in [0.05, 0.1) is 29.7 Å². The lowest BCUT2D eigenvalue weighted by molar-refractivity contribution is -0.0271. The molecule has 0 radical (unpaired) electrons. The smallest absolute Gasteiger partial charge is 0.224 e. The maximum atomic E-state index is 10.9. The van der Waals surface area contributed by atoms with Crippen molar-refractivity contribution < 1.29 is 14.6 Å². The van der Waals surface area contributed by atoms with Crippen LogP contribution in [0.1, 0.15) is 38.5 Å². The number of hydrogen-bond donors (Lipinski definition) is 1. The highest BCUT2D eigenvalue weighted by Gasteiger charge is 2.32. The minimum absolute atomic E-state index is 0.0703. The summed E-state index contributed by atoms with van der Waals surface area (Å²) in [7, 11) is 0. The highest BCUT2D eigenvalue weighted by atomic mass is 16.5. The first-order valence-electron chi connectivity index (χ1n) is 11.4. The molecule has 2 saturated heterocycles. The van der Waals surface area contributed by atoms with Gasteiger partial charge in [0.25, 0.3) is 0 Å². The first-order chi connectivity index (χ1) is 14.7. The second-order valence-corrected chi connectivity index (χ2v) is 9.03. The van der Waals surface area contributed by atoms with Gasteiger partial charge in [-0.25, -0.2) is 9.97 Å². The lowest BCUT2D eigenvalue weighted by atomic mass is 9.84. The van der Waals surface area contributed by atoms with Gasteiger partial charge in [0.2, 0.25) is 5.88 Å². The van der Waals surface area contributed by atoms with Gasteiger partial charge in [-0.2, -0.15) is 0 Å². The van der Waals surface area contributed by atoms with E-state index in [2.05, 4.69) is 38.0 Å². The van der Waals surface area contributed by atoms with Crippen LogP contribution in [-0.4, -0.2) is 77.6 Å². The highest BCUT2D eigenvalue weighted by molar-refractivity contribution is 5.86. The number of ether oxygens (including phenoxy) is 2. The van der Waals surface area contributed by atoms with Gasteiger partial charge in [0.15, 0.2) is 0 Å². The molecule has 3 fully saturated rings. The maximum absolute atomic E-state index is 10.9. The minimum Gasteiger partial charge on any atom is -0.471 e. The second-order valence-electron chi connectivity index (χ2n) is 9.03. The summed E-state index contributed by atoms with van der Waals surface area (Å²) in [6.45, 7) is 6.07. The molecule has 3 aliphatic rings. The number of anilines is 1. The normalized spacial score (nSPS) is 25.0. The Morgan fingerprint density at radius 2 is 1.93 bits per heavy atom. The summed E-state index contributed by atoms with van der Waals surface area (Å²) >= 11 is 0. The van der Waals surface area contributed by atoms with E-state index < -0.39 is 5.60 Å². The second kappa shape index (κ2) is 8.65. The van der Waals surface area contributed by atoms with Crippen molar-refractivity contribution in [3.63, 3.8) is 0 Å². The number of aromatic nitrogens is 2. The molecular weight excluding hydrogens is 380 g/mol. The van der Waals surface area contributed by atoms with Gasteiger partial charge in [-0.15, -0.1) is 0 Å². The zero-order valence-corrected chi connectivity index (χ0v) is 17.6. The number of piperazine rings is 1. The predicted molar refractivity (Wildman–Crippen MR) is 116 cm³/mol. The number of nitrogens with zero attached hydrogens (tertiary/aromatic N) is 4. The van der Waals surface area contributed by atoms with E-state index in [0.29, 0.717) is 12.5 Å². The molecule has 1 aliphatic carbocycles. The van der Waals surface area contributed by atoms with Crippen LogP contribution >= 0.6 is 0 Å². The Labute approximate surface area is 178 Å². The molecule has 3 heterocycles. The molecule has 7 heteroatoms. The van der Waals surface area contributed by atoms with Gasteiger partial charge in [0.1, 0.15) is 12.4 Å². The van der Waals surface area contributed by atoms with Crippen LogP contribution in [0.2, 0.25) is 0 Å². The predicted octanol–water partition coefficient (Wildman–Crippen LogP) is 2.61. The molecule has 2 aliphatic heterocycles. The lowest BCUT2D eigenvalue weighted by Gasteiger charge is -2.41. The summed E-state index contributed by atoms with van der Waals surface area (Å²) in [6.07, 6.45) is 8.03. The first-order valence-corrected chi connectivity index (χ1v) is 11.4. The molecule has 1 atom stereocenters. The Kier molecular flexibility index (Phi) is 5.76. The Bertz CT molecular complexity index is 857. The van der Waals surface area contributed by atoms with E-state index in [-0.39, 0.29) is 6.10 Å². The van der Waals surface area contributed by atoms with E-state index in [1.165, 1.54) is 12.1 Å². The van der Waals surface area contributed by atoms with E-state index in [1.54, 1.807) is 6.33 Å². The van der Waals surface area contributed by atoms with E-state index in [9.17, 15) is 5.11 Å². The molecule has 162 valence electrons. The lowest BCUT2D eigenvalue weighted by Crippen LogP contribution is -2.52. The van der Waals surface area contributed by atoms with Crippen molar-refractivity contribution in [1.82, 2.24) is 14.9 Å². The van der Waals surface area contributed by atoms with Crippen molar-refractivity contribution in [2.45, 2.75) is 50.2 Å². The number of β-amino-alcohol motifs (C(OH)–C–C–N with tert-alkyl or cyclic N) is 1. The molecule has 5 rings (SSSR count). The molecule has 1 N–H and O–H groups in total. The van der Waals surface area contributed by atoms with Crippen LogP contribution in [0.5, 0.6) is 5.88 Å². The summed E-state index contributed by atoms with van der Waals surface area (Å²) in [5.41, 5.74) is 1.61. The summed E-state index contributed by atoms with van der Waals surface area (Å²) < 4.78 is 11.5. The molecule has 1 saturated carbocycles. The molecule has 2 aromatic rings. The van der Waals surface area contributed by atoms with Gasteiger partial charge in [-0.3, -0.25) is 4.90 Å². The molecule has 1 aromatic heterocycles. The zero-order valence-electron chi connectivity index (χ0n) is 17.6. The van der Waals surface area contributed by atoms with Crippen molar-refractivity contribution in [3.8, 4) is 5.88 Å². The molecule has 0 bridgehead atoms. The Morgan fingerprint density at radius 1 is 1.10 bits per heavy atom. The van der Waals surface area contributed by atoms with Crippen molar-refractivity contribution in [1.29, 1.82) is 0 Å². The standard InChI is InChI=1S/C23H32N4O3/c28-23(7-2-1-3-8-23)16-26-9-11-27(12-10-26)18-4-5-21-20(14-18)22(25-17-24-21)30-19-6-13-29-15-19/h4-5,14,17,19,28H,1-3,6-13,15-16H2.